The summed E-state index contributed by atoms with van der Waals surface area (Å²) in [5.74, 6) is 0.836. The average Bonchev–Trinajstić information content (AvgIpc) is 3.31. The number of fused-ring (bicyclic) bond motifs is 3. The molecule has 6 rings (SSSR count). The highest BCUT2D eigenvalue weighted by molar-refractivity contribution is 6.11. The molecule has 1 fully saturated rings. The summed E-state index contributed by atoms with van der Waals surface area (Å²) in [5.41, 5.74) is 3.76. The fourth-order valence-corrected chi connectivity index (χ4v) is 5.95. The molecule has 1 saturated carbocycles. The van der Waals surface area contributed by atoms with Crippen LogP contribution in [0.15, 0.2) is 71.3 Å². The van der Waals surface area contributed by atoms with Crippen molar-refractivity contribution in [2.45, 2.75) is 46.6 Å². The van der Waals surface area contributed by atoms with Crippen LogP contribution in [0.1, 0.15) is 43.5 Å². The number of hydrogen-bond donors (Lipinski definition) is 0. The van der Waals surface area contributed by atoms with Crippen molar-refractivity contribution in [3.63, 3.8) is 0 Å². The Bertz CT molecular complexity index is 1480. The number of hydrogen-bond acceptors (Lipinski definition) is 5. The van der Waals surface area contributed by atoms with E-state index >= 15 is 0 Å². The zero-order chi connectivity index (χ0) is 25.1. The lowest BCUT2D eigenvalue weighted by molar-refractivity contribution is -0.147. The molecule has 3 aromatic carbocycles. The third-order valence-corrected chi connectivity index (χ3v) is 7.89. The molecule has 1 spiro atoms. The van der Waals surface area contributed by atoms with Crippen molar-refractivity contribution < 1.29 is 14.1 Å². The predicted molar refractivity (Wildman–Crippen MR) is 141 cm³/mol. The van der Waals surface area contributed by atoms with Crippen molar-refractivity contribution >= 4 is 28.0 Å². The number of anilines is 1. The highest BCUT2D eigenvalue weighted by atomic mass is 16.5. The Morgan fingerprint density at radius 1 is 0.917 bits per heavy atom. The topological polar surface area (TPSA) is 63.4 Å². The number of rotatable bonds is 3. The third-order valence-electron chi connectivity index (χ3n) is 7.89. The molecule has 2 heterocycles. The molecule has 0 amide bonds. The Balaban J connectivity index is 1.42. The van der Waals surface area contributed by atoms with Crippen LogP contribution in [0.2, 0.25) is 0 Å². The average molecular weight is 479 g/mol. The van der Waals surface area contributed by atoms with Gasteiger partial charge in [-0.05, 0) is 41.2 Å². The molecule has 4 aromatic rings. The molecule has 0 bridgehead atoms. The molecule has 0 atom stereocenters. The zero-order valence-electron chi connectivity index (χ0n) is 21.0. The normalized spacial score (nSPS) is 18.6. The first-order valence-corrected chi connectivity index (χ1v) is 12.6. The number of nitrogens with zero attached hydrogens (tertiary/aromatic N) is 2. The number of carbonyl (C=O) groups excluding carboxylic acids is 2. The molecular formula is C31H30N2O3. The summed E-state index contributed by atoms with van der Waals surface area (Å²) in [5, 5.41) is 6.57. The van der Waals surface area contributed by atoms with Gasteiger partial charge in [0.1, 0.15) is 22.7 Å². The van der Waals surface area contributed by atoms with E-state index < -0.39 is 5.41 Å². The third kappa shape index (κ3) is 3.74. The molecule has 0 saturated heterocycles. The van der Waals surface area contributed by atoms with Gasteiger partial charge >= 0.3 is 0 Å². The summed E-state index contributed by atoms with van der Waals surface area (Å²) in [6, 6.07) is 22.6. The predicted octanol–water partition coefficient (Wildman–Crippen LogP) is 6.31. The Labute approximate surface area is 211 Å². The SMILES string of the molecule is Cc1ccc(-c2cc(CN3CC4(Cc5c3ccc3ccccc53)C(=O)CC(C)(C)CC4=O)no2)cc1. The second kappa shape index (κ2) is 8.16. The van der Waals surface area contributed by atoms with Crippen LogP contribution in [-0.2, 0) is 22.6 Å². The second-order valence-electron chi connectivity index (χ2n) is 11.3. The molecule has 0 unspecified atom stereocenters. The Hall–Kier alpha value is -3.73. The van der Waals surface area contributed by atoms with Crippen molar-refractivity contribution in [3.05, 3.63) is 83.6 Å². The minimum Gasteiger partial charge on any atom is -0.364 e. The van der Waals surface area contributed by atoms with Crippen LogP contribution in [0.3, 0.4) is 0 Å². The summed E-state index contributed by atoms with van der Waals surface area (Å²) in [6.07, 6.45) is 1.31. The van der Waals surface area contributed by atoms with Gasteiger partial charge in [-0.3, -0.25) is 9.59 Å². The van der Waals surface area contributed by atoms with E-state index in [4.69, 9.17) is 4.52 Å². The van der Waals surface area contributed by atoms with Crippen molar-refractivity contribution in [3.8, 4) is 11.3 Å². The van der Waals surface area contributed by atoms with Crippen LogP contribution in [0.25, 0.3) is 22.1 Å². The minimum atomic E-state index is -1.02. The van der Waals surface area contributed by atoms with Gasteiger partial charge in [-0.1, -0.05) is 79.2 Å². The maximum absolute atomic E-state index is 13.7. The first kappa shape index (κ1) is 22.7. The maximum Gasteiger partial charge on any atom is 0.167 e. The molecule has 0 N–H and O–H groups in total. The van der Waals surface area contributed by atoms with Gasteiger partial charge in [0, 0.05) is 36.7 Å². The largest absolute Gasteiger partial charge is 0.364 e. The standard InChI is InChI=1S/C31H30N2O3/c1-20-8-10-22(11-9-20)27-14-23(32-36-27)18-33-19-31(28(34)16-30(2,3)17-29(31)35)15-25-24-7-5-4-6-21(24)12-13-26(25)33/h4-14H,15-19H2,1-3H3. The van der Waals surface area contributed by atoms with Crippen LogP contribution in [0, 0.1) is 17.8 Å². The van der Waals surface area contributed by atoms with Crippen molar-refractivity contribution in [1.29, 1.82) is 0 Å². The second-order valence-corrected chi connectivity index (χ2v) is 11.3. The van der Waals surface area contributed by atoms with Crippen LogP contribution >= 0.6 is 0 Å². The molecule has 1 aliphatic heterocycles. The minimum absolute atomic E-state index is 0.0628. The summed E-state index contributed by atoms with van der Waals surface area (Å²) >= 11 is 0. The fraction of sp³-hybridized carbons (Fsp3) is 0.323. The van der Waals surface area contributed by atoms with E-state index in [1.807, 2.05) is 44.2 Å². The molecular weight excluding hydrogens is 448 g/mol. The number of aromatic nitrogens is 1. The molecule has 1 aliphatic carbocycles. The summed E-state index contributed by atoms with van der Waals surface area (Å²) in [6.45, 7) is 6.92. The Morgan fingerprint density at radius 3 is 2.39 bits per heavy atom. The summed E-state index contributed by atoms with van der Waals surface area (Å²) in [4.78, 5) is 29.5. The zero-order valence-corrected chi connectivity index (χ0v) is 21.0. The number of ketones is 2. The van der Waals surface area contributed by atoms with E-state index in [2.05, 4.69) is 53.4 Å². The molecule has 182 valence electrons. The number of Topliss-reactive ketones (excluding diaryl/α,β-unsaturated/α-hetero) is 2. The fourth-order valence-electron chi connectivity index (χ4n) is 5.95. The van der Waals surface area contributed by atoms with Crippen molar-refractivity contribution in [1.82, 2.24) is 5.16 Å². The Morgan fingerprint density at radius 2 is 1.64 bits per heavy atom. The van der Waals surface area contributed by atoms with E-state index in [0.717, 1.165) is 33.3 Å². The molecule has 0 radical (unpaired) electrons. The quantitative estimate of drug-likeness (QED) is 0.323. The van der Waals surface area contributed by atoms with E-state index in [1.165, 1.54) is 5.56 Å². The lowest BCUT2D eigenvalue weighted by atomic mass is 9.59. The number of carbonyl (C=O) groups is 2. The van der Waals surface area contributed by atoms with Gasteiger partial charge in [-0.15, -0.1) is 0 Å². The van der Waals surface area contributed by atoms with Gasteiger partial charge in [0.2, 0.25) is 0 Å². The Kier molecular flexibility index (Phi) is 5.15. The molecule has 36 heavy (non-hydrogen) atoms. The molecule has 1 aromatic heterocycles. The number of benzene rings is 3. The van der Waals surface area contributed by atoms with E-state index in [9.17, 15) is 9.59 Å². The van der Waals surface area contributed by atoms with Gasteiger partial charge in [0.25, 0.3) is 0 Å². The van der Waals surface area contributed by atoms with Gasteiger partial charge in [-0.25, -0.2) is 0 Å². The van der Waals surface area contributed by atoms with Crippen LogP contribution < -0.4 is 4.90 Å². The van der Waals surface area contributed by atoms with Crippen LogP contribution in [0.5, 0.6) is 0 Å². The highest BCUT2D eigenvalue weighted by Gasteiger charge is 2.54. The number of aryl methyl sites for hydroxylation is 1. The van der Waals surface area contributed by atoms with Crippen molar-refractivity contribution in [2.75, 3.05) is 11.4 Å². The molecule has 2 aliphatic rings. The lowest BCUT2D eigenvalue weighted by Crippen LogP contribution is -2.57. The van der Waals surface area contributed by atoms with E-state index in [-0.39, 0.29) is 17.0 Å². The van der Waals surface area contributed by atoms with E-state index in [1.54, 1.807) is 0 Å². The highest BCUT2D eigenvalue weighted by Crippen LogP contribution is 2.48. The van der Waals surface area contributed by atoms with Crippen LogP contribution in [-0.4, -0.2) is 23.3 Å². The summed E-state index contributed by atoms with van der Waals surface area (Å²) in [7, 11) is 0. The monoisotopic (exact) mass is 478 g/mol. The summed E-state index contributed by atoms with van der Waals surface area (Å²) < 4.78 is 5.69. The maximum atomic E-state index is 13.7. The first-order valence-electron chi connectivity index (χ1n) is 12.6. The molecule has 5 nitrogen and oxygen atoms in total. The van der Waals surface area contributed by atoms with Gasteiger partial charge in [0.15, 0.2) is 5.76 Å². The van der Waals surface area contributed by atoms with Crippen molar-refractivity contribution in [2.24, 2.45) is 10.8 Å². The smallest absolute Gasteiger partial charge is 0.167 e. The van der Waals surface area contributed by atoms with Gasteiger partial charge < -0.3 is 9.42 Å². The van der Waals surface area contributed by atoms with E-state index in [0.29, 0.717) is 38.1 Å². The van der Waals surface area contributed by atoms with Gasteiger partial charge in [-0.2, -0.15) is 0 Å². The van der Waals surface area contributed by atoms with Crippen LogP contribution in [0.4, 0.5) is 5.69 Å². The first-order chi connectivity index (χ1) is 17.2. The van der Waals surface area contributed by atoms with Gasteiger partial charge in [0.05, 0.1) is 6.54 Å². The lowest BCUT2D eigenvalue weighted by Gasteiger charge is -2.47. The molecule has 5 heteroatoms.